The van der Waals surface area contributed by atoms with Gasteiger partial charge in [0.1, 0.15) is 17.0 Å². The second-order valence-corrected chi connectivity index (χ2v) is 4.23. The van der Waals surface area contributed by atoms with E-state index in [1.165, 1.54) is 0 Å². The minimum Gasteiger partial charge on any atom is -0.490 e. The molecule has 2 rings (SSSR count). The van der Waals surface area contributed by atoms with Gasteiger partial charge in [-0.2, -0.15) is 0 Å². The number of nitrogens with zero attached hydrogens (tertiary/aromatic N) is 1. The molecule has 0 bridgehead atoms. The van der Waals surface area contributed by atoms with Crippen molar-refractivity contribution in [2.75, 3.05) is 0 Å². The van der Waals surface area contributed by atoms with Crippen molar-refractivity contribution >= 4 is 17.4 Å². The molecule has 15 heavy (non-hydrogen) atoms. The van der Waals surface area contributed by atoms with Gasteiger partial charge in [0.15, 0.2) is 0 Å². The van der Waals surface area contributed by atoms with Crippen molar-refractivity contribution in [3.63, 3.8) is 0 Å². The summed E-state index contributed by atoms with van der Waals surface area (Å²) < 4.78 is 5.74. The highest BCUT2D eigenvalue weighted by atomic mass is 35.5. The van der Waals surface area contributed by atoms with Gasteiger partial charge in [-0.1, -0.05) is 32.0 Å². The Balaban J connectivity index is 2.50. The van der Waals surface area contributed by atoms with Crippen LogP contribution in [0.3, 0.4) is 0 Å². The van der Waals surface area contributed by atoms with Crippen molar-refractivity contribution in [1.29, 1.82) is 0 Å². The zero-order chi connectivity index (χ0) is 11.0. The molecule has 0 aliphatic carbocycles. The minimum atomic E-state index is 0.163. The molecular weight excluding hydrogens is 210 g/mol. The predicted molar refractivity (Wildman–Crippen MR) is 61.9 cm³/mol. The number of halogens is 1. The van der Waals surface area contributed by atoms with Gasteiger partial charge in [-0.25, -0.2) is 4.98 Å². The Morgan fingerprint density at radius 3 is 2.93 bits per heavy atom. The Kier molecular flexibility index (Phi) is 2.70. The molecule has 0 saturated carbocycles. The number of hydrogen-bond acceptors (Lipinski definition) is 2. The number of ether oxygens (including phenoxy) is 1. The van der Waals surface area contributed by atoms with Crippen LogP contribution < -0.4 is 0 Å². The summed E-state index contributed by atoms with van der Waals surface area (Å²) in [6.45, 7) is 8.13. The van der Waals surface area contributed by atoms with Crippen molar-refractivity contribution in [3.8, 4) is 0 Å². The van der Waals surface area contributed by atoms with Gasteiger partial charge in [0.05, 0.1) is 5.69 Å². The van der Waals surface area contributed by atoms with Crippen LogP contribution in [0, 0.1) is 0 Å². The summed E-state index contributed by atoms with van der Waals surface area (Å²) in [4.78, 5) is 4.37. The van der Waals surface area contributed by atoms with Crippen LogP contribution in [0.2, 0.25) is 5.15 Å². The third-order valence-electron chi connectivity index (χ3n) is 2.88. The number of rotatable bonds is 1. The van der Waals surface area contributed by atoms with E-state index in [1.54, 1.807) is 6.07 Å². The van der Waals surface area contributed by atoms with Crippen molar-refractivity contribution in [3.05, 3.63) is 35.1 Å². The lowest BCUT2D eigenvalue weighted by atomic mass is 9.91. The van der Waals surface area contributed by atoms with E-state index in [0.717, 1.165) is 17.7 Å². The molecule has 1 aliphatic rings. The van der Waals surface area contributed by atoms with Gasteiger partial charge in [0.25, 0.3) is 0 Å². The maximum atomic E-state index is 5.90. The third-order valence-corrected chi connectivity index (χ3v) is 3.09. The topological polar surface area (TPSA) is 22.1 Å². The molecule has 0 saturated heterocycles. The average molecular weight is 224 g/mol. The van der Waals surface area contributed by atoms with Crippen molar-refractivity contribution in [1.82, 2.24) is 4.98 Å². The van der Waals surface area contributed by atoms with Gasteiger partial charge < -0.3 is 4.74 Å². The molecule has 0 aromatic carbocycles. The fourth-order valence-corrected chi connectivity index (χ4v) is 2.15. The van der Waals surface area contributed by atoms with Crippen LogP contribution in [0.4, 0.5) is 0 Å². The Morgan fingerprint density at radius 1 is 1.53 bits per heavy atom. The highest BCUT2D eigenvalue weighted by molar-refractivity contribution is 6.29. The largest absolute Gasteiger partial charge is 0.490 e. The van der Waals surface area contributed by atoms with Gasteiger partial charge in [0.2, 0.25) is 0 Å². The Morgan fingerprint density at radius 2 is 2.27 bits per heavy atom. The van der Waals surface area contributed by atoms with Crippen LogP contribution in [-0.4, -0.2) is 11.1 Å². The molecule has 0 unspecified atom stereocenters. The fourth-order valence-electron chi connectivity index (χ4n) is 1.99. The van der Waals surface area contributed by atoms with E-state index in [9.17, 15) is 0 Å². The van der Waals surface area contributed by atoms with Crippen molar-refractivity contribution in [2.45, 2.75) is 32.3 Å². The summed E-state index contributed by atoms with van der Waals surface area (Å²) in [5.41, 5.74) is 1.99. The highest BCUT2D eigenvalue weighted by Gasteiger charge is 2.29. The Labute approximate surface area is 94.9 Å². The second kappa shape index (κ2) is 3.86. The molecule has 1 aromatic heterocycles. The van der Waals surface area contributed by atoms with Crippen LogP contribution in [0.5, 0.6) is 0 Å². The molecule has 2 atom stereocenters. The zero-order valence-electron chi connectivity index (χ0n) is 8.96. The SMILES string of the molecule is C=C1O[C@@H](CC)[C@H](C)c2nc(Cl)ccc21. The summed E-state index contributed by atoms with van der Waals surface area (Å²) in [5.74, 6) is 0.980. The summed E-state index contributed by atoms with van der Waals surface area (Å²) in [6, 6.07) is 3.70. The molecule has 0 spiro atoms. The van der Waals surface area contributed by atoms with E-state index in [1.807, 2.05) is 6.07 Å². The van der Waals surface area contributed by atoms with E-state index >= 15 is 0 Å². The first-order valence-corrected chi connectivity index (χ1v) is 5.53. The van der Waals surface area contributed by atoms with Crippen LogP contribution in [0.25, 0.3) is 5.76 Å². The number of aromatic nitrogens is 1. The lowest BCUT2D eigenvalue weighted by Crippen LogP contribution is -2.25. The standard InChI is InChI=1S/C12H14ClNO/c1-4-10-7(2)12-9(8(3)15-10)5-6-11(13)14-12/h5-7,10H,3-4H2,1-2H3/t7-,10-/m0/s1. The van der Waals surface area contributed by atoms with Crippen molar-refractivity contribution in [2.24, 2.45) is 0 Å². The van der Waals surface area contributed by atoms with Gasteiger partial charge in [-0.05, 0) is 18.6 Å². The second-order valence-electron chi connectivity index (χ2n) is 3.84. The van der Waals surface area contributed by atoms with Crippen LogP contribution in [0.15, 0.2) is 18.7 Å². The quantitative estimate of drug-likeness (QED) is 0.679. The number of pyridine rings is 1. The molecule has 1 aliphatic heterocycles. The molecule has 0 radical (unpaired) electrons. The van der Waals surface area contributed by atoms with E-state index < -0.39 is 0 Å². The molecule has 1 aromatic rings. The molecule has 0 amide bonds. The normalized spacial score (nSPS) is 24.6. The average Bonchev–Trinajstić information content (AvgIpc) is 2.23. The highest BCUT2D eigenvalue weighted by Crippen LogP contribution is 2.36. The number of hydrogen-bond donors (Lipinski definition) is 0. The van der Waals surface area contributed by atoms with Crippen LogP contribution in [0.1, 0.15) is 37.4 Å². The minimum absolute atomic E-state index is 0.163. The van der Waals surface area contributed by atoms with Gasteiger partial charge in [-0.3, -0.25) is 0 Å². The van der Waals surface area contributed by atoms with Gasteiger partial charge in [0, 0.05) is 11.5 Å². The molecule has 0 N–H and O–H groups in total. The van der Waals surface area contributed by atoms with E-state index in [4.69, 9.17) is 16.3 Å². The van der Waals surface area contributed by atoms with Crippen LogP contribution >= 0.6 is 11.6 Å². The first kappa shape index (κ1) is 10.5. The first-order chi connectivity index (χ1) is 7.13. The van der Waals surface area contributed by atoms with Crippen molar-refractivity contribution < 1.29 is 4.74 Å². The van der Waals surface area contributed by atoms with Gasteiger partial charge >= 0.3 is 0 Å². The lowest BCUT2D eigenvalue weighted by Gasteiger charge is -2.31. The summed E-state index contributed by atoms with van der Waals surface area (Å²) in [5, 5.41) is 0.533. The van der Waals surface area contributed by atoms with E-state index in [-0.39, 0.29) is 12.0 Å². The Bertz CT molecular complexity index is 403. The molecule has 2 nitrogen and oxygen atoms in total. The monoisotopic (exact) mass is 223 g/mol. The lowest BCUT2D eigenvalue weighted by molar-refractivity contribution is 0.127. The molecular formula is C12H14ClNO. The van der Waals surface area contributed by atoms with E-state index in [0.29, 0.717) is 10.9 Å². The van der Waals surface area contributed by atoms with E-state index in [2.05, 4.69) is 25.4 Å². The third kappa shape index (κ3) is 1.74. The summed E-state index contributed by atoms with van der Waals surface area (Å²) in [6.07, 6.45) is 1.12. The fraction of sp³-hybridized carbons (Fsp3) is 0.417. The molecule has 2 heterocycles. The first-order valence-electron chi connectivity index (χ1n) is 5.15. The van der Waals surface area contributed by atoms with Crippen LogP contribution in [-0.2, 0) is 4.74 Å². The maximum Gasteiger partial charge on any atom is 0.129 e. The van der Waals surface area contributed by atoms with Gasteiger partial charge in [-0.15, -0.1) is 0 Å². The zero-order valence-corrected chi connectivity index (χ0v) is 9.71. The maximum absolute atomic E-state index is 5.90. The predicted octanol–water partition coefficient (Wildman–Crippen LogP) is 3.62. The summed E-state index contributed by atoms with van der Waals surface area (Å²) in [7, 11) is 0. The Hall–Kier alpha value is -1.02. The smallest absolute Gasteiger partial charge is 0.129 e. The molecule has 80 valence electrons. The number of fused-ring (bicyclic) bond motifs is 1. The molecule has 0 fully saturated rings. The molecule has 3 heteroatoms. The summed E-state index contributed by atoms with van der Waals surface area (Å²) >= 11 is 5.90.